The van der Waals surface area contributed by atoms with Crippen molar-refractivity contribution in [3.63, 3.8) is 0 Å². The van der Waals surface area contributed by atoms with Crippen molar-refractivity contribution in [1.29, 1.82) is 0 Å². The predicted octanol–water partition coefficient (Wildman–Crippen LogP) is 5.14. The van der Waals surface area contributed by atoms with E-state index in [1.54, 1.807) is 29.5 Å². The smallest absolute Gasteiger partial charge is 0.344 e. The number of hydrogen-bond acceptors (Lipinski definition) is 6. The van der Waals surface area contributed by atoms with Crippen LogP contribution in [0.3, 0.4) is 0 Å². The van der Waals surface area contributed by atoms with Gasteiger partial charge in [-0.25, -0.2) is 9.78 Å². The Hall–Kier alpha value is -3.71. The fourth-order valence-electron chi connectivity index (χ4n) is 3.09. The highest BCUT2D eigenvalue weighted by Gasteiger charge is 2.11. The molecule has 0 aliphatic rings. The Morgan fingerprint density at radius 3 is 2.53 bits per heavy atom. The molecule has 1 heterocycles. The van der Waals surface area contributed by atoms with Gasteiger partial charge in [0.15, 0.2) is 13.2 Å². The van der Waals surface area contributed by atoms with Gasteiger partial charge in [-0.2, -0.15) is 0 Å². The van der Waals surface area contributed by atoms with Gasteiger partial charge in [0.25, 0.3) is 5.91 Å². The lowest BCUT2D eigenvalue weighted by Crippen LogP contribution is -2.23. The second-order valence-corrected chi connectivity index (χ2v) is 8.36. The number of para-hydroxylation sites is 1. The zero-order chi connectivity index (χ0) is 22.5. The Kier molecular flexibility index (Phi) is 6.47. The van der Waals surface area contributed by atoms with Gasteiger partial charge in [-0.05, 0) is 67.4 Å². The van der Waals surface area contributed by atoms with Crippen LogP contribution < -0.4 is 10.1 Å². The molecule has 0 aliphatic carbocycles. The molecule has 0 saturated heterocycles. The maximum atomic E-state index is 12.1. The second-order valence-electron chi connectivity index (χ2n) is 7.33. The van der Waals surface area contributed by atoms with Gasteiger partial charge in [0.05, 0.1) is 10.2 Å². The monoisotopic (exact) mass is 446 g/mol. The van der Waals surface area contributed by atoms with Crippen molar-refractivity contribution in [2.45, 2.75) is 13.8 Å². The van der Waals surface area contributed by atoms with Crippen molar-refractivity contribution in [1.82, 2.24) is 4.98 Å². The second kappa shape index (κ2) is 9.62. The molecular weight excluding hydrogens is 424 g/mol. The summed E-state index contributed by atoms with van der Waals surface area (Å²) in [5.41, 5.74) is 4.68. The number of anilines is 1. The highest BCUT2D eigenvalue weighted by Crippen LogP contribution is 2.31. The number of benzene rings is 3. The Morgan fingerprint density at radius 2 is 1.75 bits per heavy atom. The van der Waals surface area contributed by atoms with Crippen LogP contribution in [-0.4, -0.2) is 30.1 Å². The molecule has 7 heteroatoms. The highest BCUT2D eigenvalue weighted by atomic mass is 32.1. The third-order valence-corrected chi connectivity index (χ3v) is 5.83. The Labute approximate surface area is 189 Å². The number of thiazole rings is 1. The zero-order valence-corrected chi connectivity index (χ0v) is 18.6. The first kappa shape index (κ1) is 21.5. The predicted molar refractivity (Wildman–Crippen MR) is 126 cm³/mol. The van der Waals surface area contributed by atoms with Gasteiger partial charge in [0, 0.05) is 11.3 Å². The van der Waals surface area contributed by atoms with Crippen molar-refractivity contribution in [3.05, 3.63) is 77.9 Å². The maximum Gasteiger partial charge on any atom is 0.344 e. The van der Waals surface area contributed by atoms with Crippen LogP contribution in [0.5, 0.6) is 5.75 Å². The molecule has 1 amide bonds. The number of aromatic nitrogens is 1. The van der Waals surface area contributed by atoms with E-state index >= 15 is 0 Å². The molecule has 0 bridgehead atoms. The van der Waals surface area contributed by atoms with Crippen LogP contribution in [-0.2, 0) is 14.3 Å². The molecule has 32 heavy (non-hydrogen) atoms. The van der Waals surface area contributed by atoms with Gasteiger partial charge in [-0.3, -0.25) is 4.79 Å². The molecule has 6 nitrogen and oxygen atoms in total. The first-order valence-corrected chi connectivity index (χ1v) is 10.9. The van der Waals surface area contributed by atoms with Crippen molar-refractivity contribution in [2.24, 2.45) is 0 Å². The standard InChI is InChI=1S/C25H22N2O4S/c1-16-7-12-20-22(13-16)32-25(27-20)18-8-10-19(11-9-18)26-23(28)14-31-24(29)15-30-21-6-4-3-5-17(21)2/h3-13H,14-15H2,1-2H3,(H,26,28). The number of carbonyl (C=O) groups excluding carboxylic acids is 2. The summed E-state index contributed by atoms with van der Waals surface area (Å²) < 4.78 is 11.6. The van der Waals surface area contributed by atoms with Crippen molar-refractivity contribution in [3.8, 4) is 16.3 Å². The van der Waals surface area contributed by atoms with E-state index in [1.165, 1.54) is 5.56 Å². The fraction of sp³-hybridized carbons (Fsp3) is 0.160. The van der Waals surface area contributed by atoms with E-state index in [0.717, 1.165) is 26.4 Å². The summed E-state index contributed by atoms with van der Waals surface area (Å²) in [7, 11) is 0. The normalized spacial score (nSPS) is 10.7. The minimum atomic E-state index is -0.607. The molecule has 162 valence electrons. The van der Waals surface area contributed by atoms with Gasteiger partial charge in [0.2, 0.25) is 0 Å². The van der Waals surface area contributed by atoms with Crippen LogP contribution in [0.15, 0.2) is 66.7 Å². The van der Waals surface area contributed by atoms with Gasteiger partial charge < -0.3 is 14.8 Å². The lowest BCUT2D eigenvalue weighted by Gasteiger charge is -2.09. The Balaban J connectivity index is 1.28. The molecule has 4 aromatic rings. The van der Waals surface area contributed by atoms with Gasteiger partial charge in [-0.1, -0.05) is 24.3 Å². The van der Waals surface area contributed by atoms with Crippen LogP contribution in [0.4, 0.5) is 5.69 Å². The van der Waals surface area contributed by atoms with E-state index in [2.05, 4.69) is 23.3 Å². The molecular formula is C25H22N2O4S. The number of carbonyl (C=O) groups is 2. The van der Waals surface area contributed by atoms with E-state index < -0.39 is 11.9 Å². The number of amides is 1. The third-order valence-electron chi connectivity index (χ3n) is 4.76. The quantitative estimate of drug-likeness (QED) is 0.398. The number of nitrogens with zero attached hydrogens (tertiary/aromatic N) is 1. The number of rotatable bonds is 7. The van der Waals surface area contributed by atoms with Crippen LogP contribution >= 0.6 is 11.3 Å². The average Bonchev–Trinajstić information content (AvgIpc) is 3.21. The number of nitrogens with one attached hydrogen (secondary N) is 1. The average molecular weight is 447 g/mol. The summed E-state index contributed by atoms with van der Waals surface area (Å²) in [6.07, 6.45) is 0. The fourth-order valence-corrected chi connectivity index (χ4v) is 4.16. The maximum absolute atomic E-state index is 12.1. The molecule has 0 radical (unpaired) electrons. The van der Waals surface area contributed by atoms with Gasteiger partial charge >= 0.3 is 5.97 Å². The van der Waals surface area contributed by atoms with Gasteiger partial charge in [-0.15, -0.1) is 11.3 Å². The summed E-state index contributed by atoms with van der Waals surface area (Å²) in [4.78, 5) is 28.6. The molecule has 1 aromatic heterocycles. The molecule has 0 unspecified atom stereocenters. The van der Waals surface area contributed by atoms with Crippen molar-refractivity contribution < 1.29 is 19.1 Å². The summed E-state index contributed by atoms with van der Waals surface area (Å²) in [5, 5.41) is 3.64. The van der Waals surface area contributed by atoms with Crippen LogP contribution in [0.25, 0.3) is 20.8 Å². The minimum absolute atomic E-state index is 0.255. The summed E-state index contributed by atoms with van der Waals surface area (Å²) in [5.74, 6) is -0.417. The van der Waals surface area contributed by atoms with E-state index in [0.29, 0.717) is 11.4 Å². The number of aryl methyl sites for hydroxylation is 2. The van der Waals surface area contributed by atoms with E-state index in [-0.39, 0.29) is 13.2 Å². The Morgan fingerprint density at radius 1 is 0.969 bits per heavy atom. The highest BCUT2D eigenvalue weighted by molar-refractivity contribution is 7.21. The van der Waals surface area contributed by atoms with E-state index in [4.69, 9.17) is 9.47 Å². The molecule has 1 N–H and O–H groups in total. The molecule has 0 spiro atoms. The summed E-state index contributed by atoms with van der Waals surface area (Å²) >= 11 is 1.63. The summed E-state index contributed by atoms with van der Waals surface area (Å²) in [6, 6.07) is 21.0. The lowest BCUT2D eigenvalue weighted by molar-refractivity contribution is -0.149. The molecule has 0 fully saturated rings. The third kappa shape index (κ3) is 5.31. The SMILES string of the molecule is Cc1ccc2nc(-c3ccc(NC(=O)COC(=O)COc4ccccc4C)cc3)sc2c1. The van der Waals surface area contributed by atoms with Crippen molar-refractivity contribution in [2.75, 3.05) is 18.5 Å². The molecule has 0 aliphatic heterocycles. The van der Waals surface area contributed by atoms with Crippen LogP contribution in [0.1, 0.15) is 11.1 Å². The first-order chi connectivity index (χ1) is 15.5. The number of hydrogen-bond donors (Lipinski definition) is 1. The van der Waals surface area contributed by atoms with Crippen LogP contribution in [0.2, 0.25) is 0 Å². The molecule has 0 atom stereocenters. The first-order valence-electron chi connectivity index (χ1n) is 10.1. The largest absolute Gasteiger partial charge is 0.482 e. The van der Waals surface area contributed by atoms with E-state index in [1.807, 2.05) is 49.4 Å². The molecule has 3 aromatic carbocycles. The molecule has 4 rings (SSSR count). The van der Waals surface area contributed by atoms with E-state index in [9.17, 15) is 9.59 Å². The number of esters is 1. The van der Waals surface area contributed by atoms with Gasteiger partial charge in [0.1, 0.15) is 10.8 Å². The van der Waals surface area contributed by atoms with Crippen LogP contribution in [0, 0.1) is 13.8 Å². The Bertz CT molecular complexity index is 1260. The number of fused-ring (bicyclic) bond motifs is 1. The lowest BCUT2D eigenvalue weighted by atomic mass is 10.2. The number of ether oxygens (including phenoxy) is 2. The summed E-state index contributed by atoms with van der Waals surface area (Å²) in [6.45, 7) is 3.31. The minimum Gasteiger partial charge on any atom is -0.482 e. The zero-order valence-electron chi connectivity index (χ0n) is 17.8. The molecule has 0 saturated carbocycles. The van der Waals surface area contributed by atoms with Crippen molar-refractivity contribution >= 4 is 39.1 Å². The topological polar surface area (TPSA) is 77.5 Å².